The van der Waals surface area contributed by atoms with Gasteiger partial charge in [-0.2, -0.15) is 0 Å². The minimum Gasteiger partial charge on any atom is -0.469 e. The van der Waals surface area contributed by atoms with Crippen LogP contribution in [-0.4, -0.2) is 44.3 Å². The van der Waals surface area contributed by atoms with Crippen LogP contribution in [0.15, 0.2) is 0 Å². The summed E-state index contributed by atoms with van der Waals surface area (Å²) in [4.78, 5) is 25.4. The quantitative estimate of drug-likeness (QED) is 0.671. The molecule has 0 amide bonds. The number of hydrogen-bond acceptors (Lipinski definition) is 4. The van der Waals surface area contributed by atoms with E-state index in [0.29, 0.717) is 0 Å². The lowest BCUT2D eigenvalue weighted by Gasteiger charge is -2.30. The Kier molecular flexibility index (Phi) is 3.36. The number of fused-ring (bicyclic) bond motifs is 1. The number of esters is 2. The van der Waals surface area contributed by atoms with Gasteiger partial charge >= 0.3 is 11.9 Å². The molecule has 1 unspecified atom stereocenters. The van der Waals surface area contributed by atoms with Gasteiger partial charge in [0.2, 0.25) is 0 Å². The highest BCUT2D eigenvalue weighted by Gasteiger charge is 2.65. The van der Waals surface area contributed by atoms with E-state index in [4.69, 9.17) is 9.47 Å². The summed E-state index contributed by atoms with van der Waals surface area (Å²) in [7, 11) is 2.77. The van der Waals surface area contributed by atoms with Crippen molar-refractivity contribution in [2.24, 2.45) is 11.8 Å². The normalized spacial score (nSPS) is 37.1. The molecule has 102 valence electrons. The number of ether oxygens (including phenoxy) is 2. The van der Waals surface area contributed by atoms with E-state index < -0.39 is 5.92 Å². The molecule has 2 aliphatic rings. The Hall–Kier alpha value is -1.10. The number of carbonyl (C=O) groups is 2. The lowest BCUT2D eigenvalue weighted by Crippen LogP contribution is -3.19. The predicted octanol–water partition coefficient (Wildman–Crippen LogP) is -0.596. The summed E-state index contributed by atoms with van der Waals surface area (Å²) in [5, 5.41) is 0. The summed E-state index contributed by atoms with van der Waals surface area (Å²) in [5.74, 6) is -1.34. The molecule has 0 aromatic heterocycles. The van der Waals surface area contributed by atoms with Gasteiger partial charge in [-0.1, -0.05) is 0 Å². The van der Waals surface area contributed by atoms with Gasteiger partial charge in [-0.3, -0.25) is 9.59 Å². The van der Waals surface area contributed by atoms with Crippen LogP contribution in [-0.2, 0) is 19.1 Å². The molecule has 5 nitrogen and oxygen atoms in total. The summed E-state index contributed by atoms with van der Waals surface area (Å²) in [6, 6.07) is 0.191. The van der Waals surface area contributed by atoms with E-state index in [0.717, 1.165) is 19.4 Å². The summed E-state index contributed by atoms with van der Waals surface area (Å²) < 4.78 is 9.80. The van der Waals surface area contributed by atoms with Gasteiger partial charge in [0.05, 0.1) is 20.8 Å². The Bertz CT molecular complexity index is 366. The van der Waals surface area contributed by atoms with E-state index in [2.05, 4.69) is 0 Å². The predicted molar refractivity (Wildman–Crippen MR) is 63.9 cm³/mol. The van der Waals surface area contributed by atoms with E-state index >= 15 is 0 Å². The van der Waals surface area contributed by atoms with E-state index in [-0.39, 0.29) is 29.4 Å². The van der Waals surface area contributed by atoms with E-state index in [9.17, 15) is 9.59 Å². The first-order valence-electron chi connectivity index (χ1n) is 6.47. The van der Waals surface area contributed by atoms with Gasteiger partial charge in [-0.05, 0) is 13.8 Å². The molecule has 0 aliphatic carbocycles. The number of quaternary nitrogens is 1. The minimum absolute atomic E-state index is 0.191. The highest BCUT2D eigenvalue weighted by Crippen LogP contribution is 2.36. The van der Waals surface area contributed by atoms with Crippen LogP contribution < -0.4 is 4.90 Å². The molecule has 2 fully saturated rings. The van der Waals surface area contributed by atoms with Crippen LogP contribution in [0.2, 0.25) is 0 Å². The Morgan fingerprint density at radius 2 is 1.78 bits per heavy atom. The number of nitrogens with one attached hydrogen (secondary N) is 1. The number of carbonyl (C=O) groups excluding carboxylic acids is 2. The first-order chi connectivity index (χ1) is 8.45. The molecule has 0 saturated carbocycles. The molecule has 2 rings (SSSR count). The average molecular weight is 256 g/mol. The molecule has 2 saturated heterocycles. The number of rotatable bonds is 2. The molecule has 0 spiro atoms. The van der Waals surface area contributed by atoms with Crippen molar-refractivity contribution < 1.29 is 24.0 Å². The molecule has 4 atom stereocenters. The van der Waals surface area contributed by atoms with Crippen LogP contribution in [0.1, 0.15) is 26.7 Å². The van der Waals surface area contributed by atoms with Gasteiger partial charge in [0, 0.05) is 12.8 Å². The van der Waals surface area contributed by atoms with E-state index in [1.807, 2.05) is 13.8 Å². The van der Waals surface area contributed by atoms with Crippen molar-refractivity contribution in [2.75, 3.05) is 20.8 Å². The summed E-state index contributed by atoms with van der Waals surface area (Å²) in [5.41, 5.74) is -0.271. The van der Waals surface area contributed by atoms with E-state index in [1.54, 1.807) is 0 Å². The molecule has 0 bridgehead atoms. The average Bonchev–Trinajstić information content (AvgIpc) is 2.89. The monoisotopic (exact) mass is 256 g/mol. The third kappa shape index (κ3) is 1.72. The van der Waals surface area contributed by atoms with Gasteiger partial charge in [-0.15, -0.1) is 0 Å². The zero-order valence-corrected chi connectivity index (χ0v) is 11.5. The van der Waals surface area contributed by atoms with E-state index in [1.165, 1.54) is 19.1 Å². The summed E-state index contributed by atoms with van der Waals surface area (Å²) >= 11 is 0. The van der Waals surface area contributed by atoms with Crippen molar-refractivity contribution in [3.8, 4) is 0 Å². The third-order valence-electron chi connectivity index (χ3n) is 4.74. The fraction of sp³-hybridized carbons (Fsp3) is 0.846. The van der Waals surface area contributed by atoms with Gasteiger partial charge in [0.25, 0.3) is 0 Å². The number of hydrogen-bond donors (Lipinski definition) is 1. The lowest BCUT2D eigenvalue weighted by molar-refractivity contribution is -0.948. The smallest absolute Gasteiger partial charge is 0.316 e. The van der Waals surface area contributed by atoms with Crippen LogP contribution >= 0.6 is 0 Å². The van der Waals surface area contributed by atoms with Crippen LogP contribution in [0, 0.1) is 11.8 Å². The van der Waals surface area contributed by atoms with Crippen molar-refractivity contribution in [2.45, 2.75) is 38.3 Å². The lowest BCUT2D eigenvalue weighted by atomic mass is 9.79. The maximum absolute atomic E-state index is 12.0. The first-order valence-corrected chi connectivity index (χ1v) is 6.47. The first kappa shape index (κ1) is 13.3. The third-order valence-corrected chi connectivity index (χ3v) is 4.74. The maximum Gasteiger partial charge on any atom is 0.316 e. The van der Waals surface area contributed by atoms with Gasteiger partial charge < -0.3 is 14.4 Å². The van der Waals surface area contributed by atoms with Crippen LogP contribution in [0.4, 0.5) is 0 Å². The zero-order valence-electron chi connectivity index (χ0n) is 11.5. The standard InChI is InChI=1S/C13H21NO4/c1-13(2)10(12(16)18-4)9(11(15)17-3)8-6-5-7-14(8)13/h8-10H,5-7H2,1-4H3/p+1/t8-,9-,10+/m1/s1. The Labute approximate surface area is 107 Å². The highest BCUT2D eigenvalue weighted by molar-refractivity contribution is 5.84. The fourth-order valence-electron chi connectivity index (χ4n) is 3.95. The zero-order chi connectivity index (χ0) is 13.5. The second-order valence-electron chi connectivity index (χ2n) is 5.80. The Morgan fingerprint density at radius 1 is 1.17 bits per heavy atom. The van der Waals surface area contributed by atoms with Crippen molar-refractivity contribution in [3.63, 3.8) is 0 Å². The summed E-state index contributed by atoms with van der Waals surface area (Å²) in [6.45, 7) is 5.11. The Balaban J connectivity index is 2.39. The molecule has 0 aromatic carbocycles. The van der Waals surface area contributed by atoms with Crippen LogP contribution in [0.3, 0.4) is 0 Å². The molecule has 2 aliphatic heterocycles. The minimum atomic E-state index is -0.407. The van der Waals surface area contributed by atoms with Crippen molar-refractivity contribution in [1.29, 1.82) is 0 Å². The second-order valence-corrected chi connectivity index (χ2v) is 5.80. The van der Waals surface area contributed by atoms with Gasteiger partial charge in [0.1, 0.15) is 23.4 Å². The summed E-state index contributed by atoms with van der Waals surface area (Å²) in [6.07, 6.45) is 2.08. The molecule has 5 heteroatoms. The number of methoxy groups -OCH3 is 2. The van der Waals surface area contributed by atoms with Crippen LogP contribution in [0.5, 0.6) is 0 Å². The van der Waals surface area contributed by atoms with Crippen molar-refractivity contribution >= 4 is 11.9 Å². The molecule has 2 heterocycles. The SMILES string of the molecule is COC(=O)[C@@H]1[C@H]2CCC[NH+]2C(C)(C)[C@@H]1C(=O)OC. The second kappa shape index (κ2) is 4.53. The molecule has 1 N–H and O–H groups in total. The van der Waals surface area contributed by atoms with Crippen molar-refractivity contribution in [1.82, 2.24) is 0 Å². The highest BCUT2D eigenvalue weighted by atomic mass is 16.5. The fourth-order valence-corrected chi connectivity index (χ4v) is 3.95. The Morgan fingerprint density at radius 3 is 2.33 bits per heavy atom. The van der Waals surface area contributed by atoms with Crippen LogP contribution in [0.25, 0.3) is 0 Å². The molecule has 0 radical (unpaired) electrons. The largest absolute Gasteiger partial charge is 0.469 e. The molecule has 18 heavy (non-hydrogen) atoms. The van der Waals surface area contributed by atoms with Gasteiger partial charge in [-0.25, -0.2) is 0 Å². The molecular formula is C13H22NO4+. The molecular weight excluding hydrogens is 234 g/mol. The maximum atomic E-state index is 12.0. The molecule has 0 aromatic rings. The van der Waals surface area contributed by atoms with Gasteiger partial charge in [0.15, 0.2) is 0 Å². The topological polar surface area (TPSA) is 57.0 Å². The van der Waals surface area contributed by atoms with Crippen molar-refractivity contribution in [3.05, 3.63) is 0 Å².